The molecule has 0 bridgehead atoms. The van der Waals surface area contributed by atoms with Gasteiger partial charge in [-0.3, -0.25) is 0 Å². The first kappa shape index (κ1) is 12.4. The minimum absolute atomic E-state index is 0.174. The van der Waals surface area contributed by atoms with E-state index in [-0.39, 0.29) is 6.61 Å². The molecule has 3 heteroatoms. The Balaban J connectivity index is 3.50. The Kier molecular flexibility index (Phi) is 6.49. The molecule has 0 atom stereocenters. The van der Waals surface area contributed by atoms with Gasteiger partial charge in [-0.05, 0) is 6.92 Å². The number of hydrogen-bond donors (Lipinski definition) is 1. The molecule has 0 aliphatic heterocycles. The normalized spacial score (nSPS) is 11.2. The van der Waals surface area contributed by atoms with E-state index in [9.17, 15) is 5.11 Å². The second-order valence-corrected chi connectivity index (χ2v) is 2.65. The molecule has 0 heterocycles. The Morgan fingerprint density at radius 3 is 2.23 bits per heavy atom. The van der Waals surface area contributed by atoms with Gasteiger partial charge in [-0.25, -0.2) is 0 Å². The second kappa shape index (κ2) is 6.83. The summed E-state index contributed by atoms with van der Waals surface area (Å²) < 4.78 is 10.2. The Hall–Kier alpha value is -0.640. The smallest absolute Gasteiger partial charge is 0.124 e. The molecule has 0 radical (unpaired) electrons. The highest BCUT2D eigenvalue weighted by molar-refractivity contribution is 5.08. The average Bonchev–Trinajstić information content (AvgIpc) is 2.17. The van der Waals surface area contributed by atoms with Crippen molar-refractivity contribution in [1.29, 1.82) is 0 Å². The van der Waals surface area contributed by atoms with E-state index < -0.39 is 5.60 Å². The quantitative estimate of drug-likeness (QED) is 0.456. The molecule has 76 valence electrons. The highest BCUT2D eigenvalue weighted by Crippen LogP contribution is 2.07. The summed E-state index contributed by atoms with van der Waals surface area (Å²) in [6.07, 6.45) is 2.81. The van der Waals surface area contributed by atoms with Gasteiger partial charge in [0.05, 0.1) is 19.8 Å². The lowest BCUT2D eigenvalue weighted by atomic mass is 10.1. The van der Waals surface area contributed by atoms with Crippen molar-refractivity contribution in [2.75, 3.05) is 26.4 Å². The Bertz CT molecular complexity index is 146. The largest absolute Gasteiger partial charge is 0.379 e. The molecule has 3 nitrogen and oxygen atoms in total. The third-order valence-electron chi connectivity index (χ3n) is 1.62. The molecular weight excluding hydrogens is 168 g/mol. The zero-order valence-electron chi connectivity index (χ0n) is 8.16. The van der Waals surface area contributed by atoms with E-state index in [2.05, 4.69) is 13.2 Å². The monoisotopic (exact) mass is 186 g/mol. The summed E-state index contributed by atoms with van der Waals surface area (Å²) in [6, 6.07) is 0. The van der Waals surface area contributed by atoms with E-state index >= 15 is 0 Å². The second-order valence-electron chi connectivity index (χ2n) is 2.65. The summed E-state index contributed by atoms with van der Waals surface area (Å²) in [5, 5.41) is 9.58. The van der Waals surface area contributed by atoms with Crippen LogP contribution in [0.25, 0.3) is 0 Å². The van der Waals surface area contributed by atoms with Gasteiger partial charge in [0, 0.05) is 6.61 Å². The molecule has 0 saturated carbocycles. The van der Waals surface area contributed by atoms with Crippen LogP contribution in [0.5, 0.6) is 0 Å². The van der Waals surface area contributed by atoms with Crippen LogP contribution >= 0.6 is 0 Å². The lowest BCUT2D eigenvalue weighted by molar-refractivity contribution is -0.00758. The third-order valence-corrected chi connectivity index (χ3v) is 1.62. The number of aliphatic hydroxyl groups is 1. The van der Waals surface area contributed by atoms with Gasteiger partial charge in [0.1, 0.15) is 5.60 Å². The van der Waals surface area contributed by atoms with Crippen molar-refractivity contribution >= 4 is 0 Å². The van der Waals surface area contributed by atoms with Crippen LogP contribution in [0, 0.1) is 0 Å². The highest BCUT2D eigenvalue weighted by atomic mass is 16.5. The molecule has 0 aliphatic rings. The highest BCUT2D eigenvalue weighted by Gasteiger charge is 2.17. The van der Waals surface area contributed by atoms with Crippen molar-refractivity contribution in [2.45, 2.75) is 12.5 Å². The van der Waals surface area contributed by atoms with Crippen LogP contribution in [0.4, 0.5) is 0 Å². The minimum Gasteiger partial charge on any atom is -0.379 e. The van der Waals surface area contributed by atoms with Crippen molar-refractivity contribution in [3.05, 3.63) is 25.3 Å². The van der Waals surface area contributed by atoms with E-state index in [0.717, 1.165) is 0 Å². The van der Waals surface area contributed by atoms with Gasteiger partial charge >= 0.3 is 0 Å². The number of hydrogen-bond acceptors (Lipinski definition) is 3. The lowest BCUT2D eigenvalue weighted by Gasteiger charge is -2.19. The van der Waals surface area contributed by atoms with Crippen molar-refractivity contribution in [3.8, 4) is 0 Å². The fourth-order valence-electron chi connectivity index (χ4n) is 0.699. The van der Waals surface area contributed by atoms with Gasteiger partial charge in [0.15, 0.2) is 0 Å². The van der Waals surface area contributed by atoms with Crippen LogP contribution in [0.1, 0.15) is 6.92 Å². The summed E-state index contributed by atoms with van der Waals surface area (Å²) in [4.78, 5) is 0. The van der Waals surface area contributed by atoms with Crippen molar-refractivity contribution in [2.24, 2.45) is 0 Å². The van der Waals surface area contributed by atoms with E-state index in [0.29, 0.717) is 19.8 Å². The van der Waals surface area contributed by atoms with E-state index in [1.807, 2.05) is 6.92 Å². The molecule has 0 amide bonds. The first-order chi connectivity index (χ1) is 6.18. The Morgan fingerprint density at radius 1 is 1.23 bits per heavy atom. The summed E-state index contributed by atoms with van der Waals surface area (Å²) in [5.41, 5.74) is -1.12. The van der Waals surface area contributed by atoms with E-state index in [1.54, 1.807) is 0 Å². The minimum atomic E-state index is -1.12. The zero-order valence-corrected chi connectivity index (χ0v) is 8.16. The molecular formula is C10H18O3. The first-order valence-corrected chi connectivity index (χ1v) is 4.33. The van der Waals surface area contributed by atoms with Gasteiger partial charge < -0.3 is 14.6 Å². The predicted octanol–water partition coefficient (Wildman–Crippen LogP) is 1.14. The summed E-state index contributed by atoms with van der Waals surface area (Å²) in [6.45, 7) is 10.8. The topological polar surface area (TPSA) is 38.7 Å². The average molecular weight is 186 g/mol. The lowest BCUT2D eigenvalue weighted by Crippen LogP contribution is -2.29. The zero-order chi connectivity index (χ0) is 10.2. The molecule has 0 aromatic heterocycles. The molecule has 0 unspecified atom stereocenters. The molecule has 0 fully saturated rings. The van der Waals surface area contributed by atoms with Crippen molar-refractivity contribution in [1.82, 2.24) is 0 Å². The molecule has 0 rings (SSSR count). The summed E-state index contributed by atoms with van der Waals surface area (Å²) in [7, 11) is 0. The molecule has 0 aromatic rings. The molecule has 0 saturated heterocycles. The first-order valence-electron chi connectivity index (χ1n) is 4.33. The predicted molar refractivity (Wildman–Crippen MR) is 52.7 cm³/mol. The third kappa shape index (κ3) is 5.58. The van der Waals surface area contributed by atoms with Crippen LogP contribution in [0.3, 0.4) is 0 Å². The molecule has 0 spiro atoms. The number of rotatable bonds is 8. The van der Waals surface area contributed by atoms with Crippen molar-refractivity contribution in [3.63, 3.8) is 0 Å². The van der Waals surface area contributed by atoms with E-state index in [1.165, 1.54) is 12.2 Å². The Morgan fingerprint density at radius 2 is 1.77 bits per heavy atom. The SMILES string of the molecule is C=CC(O)(C=C)COCCOCC. The van der Waals surface area contributed by atoms with Gasteiger partial charge in [-0.2, -0.15) is 0 Å². The van der Waals surface area contributed by atoms with Gasteiger partial charge in [-0.15, -0.1) is 0 Å². The number of ether oxygens (including phenoxy) is 2. The van der Waals surface area contributed by atoms with Crippen molar-refractivity contribution < 1.29 is 14.6 Å². The fourth-order valence-corrected chi connectivity index (χ4v) is 0.699. The molecule has 1 N–H and O–H groups in total. The van der Waals surface area contributed by atoms with Gasteiger partial charge in [0.2, 0.25) is 0 Å². The molecule has 13 heavy (non-hydrogen) atoms. The van der Waals surface area contributed by atoms with Crippen LogP contribution in [-0.4, -0.2) is 37.1 Å². The van der Waals surface area contributed by atoms with Crippen LogP contribution in [0.2, 0.25) is 0 Å². The van der Waals surface area contributed by atoms with Crippen LogP contribution in [-0.2, 0) is 9.47 Å². The summed E-state index contributed by atoms with van der Waals surface area (Å²) in [5.74, 6) is 0. The van der Waals surface area contributed by atoms with E-state index in [4.69, 9.17) is 9.47 Å². The summed E-state index contributed by atoms with van der Waals surface area (Å²) >= 11 is 0. The maximum Gasteiger partial charge on any atom is 0.124 e. The molecule has 0 aromatic carbocycles. The van der Waals surface area contributed by atoms with Crippen LogP contribution in [0.15, 0.2) is 25.3 Å². The maximum atomic E-state index is 9.58. The standard InChI is InChI=1S/C10H18O3/c1-4-10(11,5-2)9-13-8-7-12-6-3/h4-5,11H,1-2,6-9H2,3H3. The Labute approximate surface area is 79.7 Å². The maximum absolute atomic E-state index is 9.58. The van der Waals surface area contributed by atoms with Crippen LogP contribution < -0.4 is 0 Å². The van der Waals surface area contributed by atoms with Gasteiger partial charge in [-0.1, -0.05) is 25.3 Å². The van der Waals surface area contributed by atoms with Gasteiger partial charge in [0.25, 0.3) is 0 Å². The molecule has 0 aliphatic carbocycles. The fraction of sp³-hybridized carbons (Fsp3) is 0.600.